The van der Waals surface area contributed by atoms with Crippen molar-refractivity contribution >= 4 is 41.2 Å². The lowest BCUT2D eigenvalue weighted by Gasteiger charge is -2.12. The largest absolute Gasteiger partial charge is 0.329 e. The lowest BCUT2D eigenvalue weighted by molar-refractivity contribution is -0.127. The van der Waals surface area contributed by atoms with Crippen molar-refractivity contribution in [3.63, 3.8) is 0 Å². The van der Waals surface area contributed by atoms with E-state index in [2.05, 4.69) is 10.6 Å². The van der Waals surface area contributed by atoms with E-state index < -0.39 is 30.2 Å². The second kappa shape index (κ2) is 8.91. The molecule has 0 aliphatic carbocycles. The summed E-state index contributed by atoms with van der Waals surface area (Å²) in [5, 5.41) is 5.44. The number of urea groups is 1. The van der Waals surface area contributed by atoms with Gasteiger partial charge in [0, 0.05) is 11.4 Å². The molecule has 33 heavy (non-hydrogen) atoms. The van der Waals surface area contributed by atoms with Gasteiger partial charge in [0.25, 0.3) is 5.91 Å². The molecule has 2 aromatic carbocycles. The van der Waals surface area contributed by atoms with Crippen LogP contribution in [0.1, 0.15) is 17.0 Å². The predicted molar refractivity (Wildman–Crippen MR) is 124 cm³/mol. The Kier molecular flexibility index (Phi) is 6.02. The third-order valence-corrected chi connectivity index (χ3v) is 5.60. The molecule has 0 spiro atoms. The Morgan fingerprint density at radius 3 is 2.55 bits per heavy atom. The Labute approximate surface area is 194 Å². The fourth-order valence-electron chi connectivity index (χ4n) is 3.70. The van der Waals surface area contributed by atoms with Crippen LogP contribution in [-0.4, -0.2) is 33.9 Å². The lowest BCUT2D eigenvalue weighted by atomic mass is 10.2. The highest BCUT2D eigenvalue weighted by molar-refractivity contribution is 6.32. The van der Waals surface area contributed by atoms with Crippen molar-refractivity contribution < 1.29 is 18.8 Å². The summed E-state index contributed by atoms with van der Waals surface area (Å²) < 4.78 is 15.7. The van der Waals surface area contributed by atoms with Gasteiger partial charge in [-0.05, 0) is 55.8 Å². The molecule has 1 aliphatic heterocycles. The second-order valence-corrected chi connectivity index (χ2v) is 7.93. The van der Waals surface area contributed by atoms with Gasteiger partial charge in [0.15, 0.2) is 0 Å². The van der Waals surface area contributed by atoms with Crippen LogP contribution in [0.15, 0.2) is 60.3 Å². The van der Waals surface area contributed by atoms with Gasteiger partial charge in [-0.2, -0.15) is 0 Å². The smallest absolute Gasteiger partial charge is 0.322 e. The van der Waals surface area contributed by atoms with Crippen LogP contribution >= 0.6 is 11.6 Å². The van der Waals surface area contributed by atoms with E-state index in [9.17, 15) is 18.8 Å². The topological polar surface area (TPSA) is 83.4 Å². The molecule has 1 aromatic heterocycles. The van der Waals surface area contributed by atoms with Crippen LogP contribution in [0.4, 0.5) is 14.9 Å². The number of para-hydroxylation sites is 2. The minimum absolute atomic E-state index is 0.0302. The maximum atomic E-state index is 13.7. The molecule has 1 saturated heterocycles. The first-order valence-corrected chi connectivity index (χ1v) is 10.5. The van der Waals surface area contributed by atoms with E-state index in [1.54, 1.807) is 18.2 Å². The average molecular weight is 467 g/mol. The number of anilines is 1. The van der Waals surface area contributed by atoms with E-state index in [1.807, 2.05) is 42.7 Å². The third-order valence-electron chi connectivity index (χ3n) is 5.28. The minimum Gasteiger partial charge on any atom is -0.322 e. The van der Waals surface area contributed by atoms with Gasteiger partial charge in [0.05, 0.1) is 16.4 Å². The lowest BCUT2D eigenvalue weighted by Crippen LogP contribution is -2.38. The first-order valence-electron chi connectivity index (χ1n) is 10.1. The summed E-state index contributed by atoms with van der Waals surface area (Å²) in [6.07, 6.45) is 1.56. The molecule has 0 unspecified atom stereocenters. The Balaban J connectivity index is 1.55. The zero-order valence-electron chi connectivity index (χ0n) is 17.9. The van der Waals surface area contributed by atoms with Crippen LogP contribution in [0.25, 0.3) is 11.8 Å². The number of nitrogens with one attached hydrogen (secondary N) is 2. The molecule has 1 fully saturated rings. The molecule has 2 N–H and O–H groups in total. The van der Waals surface area contributed by atoms with Gasteiger partial charge in [-0.15, -0.1) is 0 Å². The predicted octanol–water partition coefficient (Wildman–Crippen LogP) is 4.42. The minimum atomic E-state index is -0.727. The van der Waals surface area contributed by atoms with E-state index in [1.165, 1.54) is 18.2 Å². The molecular formula is C24H20ClFN4O3. The number of rotatable bonds is 5. The van der Waals surface area contributed by atoms with Crippen molar-refractivity contribution in [1.82, 2.24) is 14.8 Å². The maximum Gasteiger partial charge on any atom is 0.329 e. The molecule has 4 rings (SSSR count). The third kappa shape index (κ3) is 4.38. The van der Waals surface area contributed by atoms with E-state index in [-0.39, 0.29) is 11.4 Å². The van der Waals surface area contributed by atoms with Gasteiger partial charge < -0.3 is 15.2 Å². The molecule has 0 bridgehead atoms. The fourth-order valence-corrected chi connectivity index (χ4v) is 3.92. The molecule has 0 radical (unpaired) electrons. The summed E-state index contributed by atoms with van der Waals surface area (Å²) in [7, 11) is 0. The summed E-state index contributed by atoms with van der Waals surface area (Å²) >= 11 is 6.34. The molecule has 1 aliphatic rings. The Bertz CT molecular complexity index is 1310. The number of benzene rings is 2. The molecule has 4 amide bonds. The van der Waals surface area contributed by atoms with Gasteiger partial charge in [0.1, 0.15) is 18.1 Å². The standard InChI is InChI=1S/C24H20ClFN4O3/c1-14-11-16(15(2)30(14)21-10-6-3-7-17(21)25)12-20-23(32)29(24(33)28-20)13-22(31)27-19-9-5-4-8-18(19)26/h3-12H,13H2,1-2H3,(H,27,31)(H,28,33)/b20-12+. The number of carbonyl (C=O) groups is 3. The molecule has 7 nitrogen and oxygen atoms in total. The summed E-state index contributed by atoms with van der Waals surface area (Å²) in [4.78, 5) is 38.2. The highest BCUT2D eigenvalue weighted by Gasteiger charge is 2.35. The number of nitrogens with zero attached hydrogens (tertiary/aromatic N) is 2. The van der Waals surface area contributed by atoms with Crippen molar-refractivity contribution in [2.45, 2.75) is 13.8 Å². The summed E-state index contributed by atoms with van der Waals surface area (Å²) in [5.41, 5.74) is 3.24. The number of hydrogen-bond acceptors (Lipinski definition) is 3. The number of halogens is 2. The fraction of sp³-hybridized carbons (Fsp3) is 0.125. The monoisotopic (exact) mass is 466 g/mol. The van der Waals surface area contributed by atoms with Crippen LogP contribution < -0.4 is 10.6 Å². The number of aryl methyl sites for hydroxylation is 1. The van der Waals surface area contributed by atoms with E-state index in [4.69, 9.17) is 11.6 Å². The van der Waals surface area contributed by atoms with Crippen molar-refractivity contribution in [1.29, 1.82) is 0 Å². The summed E-state index contributed by atoms with van der Waals surface area (Å²) in [6.45, 7) is 3.24. The molecule has 2 heterocycles. The highest BCUT2D eigenvalue weighted by atomic mass is 35.5. The summed E-state index contributed by atoms with van der Waals surface area (Å²) in [6, 6.07) is 14.2. The molecule has 9 heteroatoms. The first-order chi connectivity index (χ1) is 15.8. The first kappa shape index (κ1) is 22.3. The second-order valence-electron chi connectivity index (χ2n) is 7.52. The average Bonchev–Trinajstić information content (AvgIpc) is 3.19. The molecule has 168 valence electrons. The summed E-state index contributed by atoms with van der Waals surface area (Å²) in [5.74, 6) is -1.95. The Morgan fingerprint density at radius 1 is 1.12 bits per heavy atom. The zero-order valence-corrected chi connectivity index (χ0v) is 18.6. The molecule has 0 saturated carbocycles. The number of hydrogen-bond donors (Lipinski definition) is 2. The van der Waals surface area contributed by atoms with Crippen molar-refractivity contribution in [3.05, 3.63) is 88.1 Å². The normalized spacial score (nSPS) is 14.7. The Hall–Kier alpha value is -3.91. The SMILES string of the molecule is Cc1cc(/C=C2/NC(=O)N(CC(=O)Nc3ccccc3F)C2=O)c(C)n1-c1ccccc1Cl. The molecular weight excluding hydrogens is 447 g/mol. The quantitative estimate of drug-likeness (QED) is 0.431. The van der Waals surface area contributed by atoms with Gasteiger partial charge in [-0.25, -0.2) is 14.1 Å². The van der Waals surface area contributed by atoms with Crippen LogP contribution in [0.2, 0.25) is 5.02 Å². The maximum absolute atomic E-state index is 13.7. The van der Waals surface area contributed by atoms with Crippen molar-refractivity contribution in [2.75, 3.05) is 11.9 Å². The van der Waals surface area contributed by atoms with Crippen LogP contribution in [0.3, 0.4) is 0 Å². The van der Waals surface area contributed by atoms with E-state index in [0.717, 1.165) is 22.0 Å². The number of amides is 4. The van der Waals surface area contributed by atoms with Gasteiger partial charge in [-0.3, -0.25) is 9.59 Å². The van der Waals surface area contributed by atoms with E-state index >= 15 is 0 Å². The van der Waals surface area contributed by atoms with Crippen molar-refractivity contribution in [2.24, 2.45) is 0 Å². The number of aromatic nitrogens is 1. The van der Waals surface area contributed by atoms with Crippen LogP contribution in [-0.2, 0) is 9.59 Å². The van der Waals surface area contributed by atoms with Gasteiger partial charge in [-0.1, -0.05) is 35.9 Å². The number of imide groups is 1. The van der Waals surface area contributed by atoms with Crippen molar-refractivity contribution in [3.8, 4) is 5.69 Å². The zero-order chi connectivity index (χ0) is 23.7. The van der Waals surface area contributed by atoms with E-state index in [0.29, 0.717) is 10.6 Å². The Morgan fingerprint density at radius 2 is 1.82 bits per heavy atom. The van der Waals surface area contributed by atoms with Gasteiger partial charge in [0.2, 0.25) is 5.91 Å². The number of carbonyl (C=O) groups excluding carboxylic acids is 3. The molecule has 0 atom stereocenters. The van der Waals surface area contributed by atoms with Crippen LogP contribution in [0.5, 0.6) is 0 Å². The molecule has 3 aromatic rings. The van der Waals surface area contributed by atoms with Crippen LogP contribution in [0, 0.1) is 19.7 Å². The highest BCUT2D eigenvalue weighted by Crippen LogP contribution is 2.28. The van der Waals surface area contributed by atoms with Gasteiger partial charge >= 0.3 is 6.03 Å².